The molecule has 1 fully saturated rings. The molecule has 3 N–H and O–H groups in total. The summed E-state index contributed by atoms with van der Waals surface area (Å²) in [5.41, 5.74) is 5.73. The predicted molar refractivity (Wildman–Crippen MR) is 104 cm³/mol. The summed E-state index contributed by atoms with van der Waals surface area (Å²) in [5, 5.41) is 2.94. The highest BCUT2D eigenvalue weighted by Gasteiger charge is 2.40. The zero-order valence-electron chi connectivity index (χ0n) is 14.7. The molecule has 9 heteroatoms. The highest BCUT2D eigenvalue weighted by atomic mass is 35.5. The second kappa shape index (κ2) is 9.87. The number of amides is 1. The number of rotatable bonds is 8. The van der Waals surface area contributed by atoms with Gasteiger partial charge in [0.1, 0.15) is 10.3 Å². The first kappa shape index (κ1) is 22.4. The largest absolute Gasteiger partial charge is 0.351 e. The van der Waals surface area contributed by atoms with Crippen molar-refractivity contribution in [2.24, 2.45) is 5.73 Å². The third kappa shape index (κ3) is 5.40. The first-order valence-corrected chi connectivity index (χ1v) is 10.7. The summed E-state index contributed by atoms with van der Waals surface area (Å²) in [4.78, 5) is 13.5. The molecule has 1 aliphatic rings. The maximum atomic E-state index is 12.8. The van der Waals surface area contributed by atoms with Gasteiger partial charge in [0.2, 0.25) is 5.91 Å². The van der Waals surface area contributed by atoms with E-state index in [0.717, 1.165) is 24.1 Å². The zero-order chi connectivity index (χ0) is 17.7. The molecule has 0 aromatic carbocycles. The lowest BCUT2D eigenvalue weighted by molar-refractivity contribution is -0.124. The van der Waals surface area contributed by atoms with Crippen LogP contribution in [0.15, 0.2) is 16.3 Å². The summed E-state index contributed by atoms with van der Waals surface area (Å²) in [5.74, 6) is -0.226. The number of nitrogens with zero attached hydrogens (tertiary/aromatic N) is 1. The third-order valence-electron chi connectivity index (χ3n) is 4.32. The molecule has 2 atom stereocenters. The quantitative estimate of drug-likeness (QED) is 0.688. The molecule has 6 nitrogen and oxygen atoms in total. The first-order valence-electron chi connectivity index (χ1n) is 8.48. The summed E-state index contributed by atoms with van der Waals surface area (Å²) >= 11 is 1.24. The molecule has 0 saturated carbocycles. The van der Waals surface area contributed by atoms with Crippen molar-refractivity contribution in [2.75, 3.05) is 13.1 Å². The van der Waals surface area contributed by atoms with Crippen LogP contribution >= 0.6 is 23.7 Å². The van der Waals surface area contributed by atoms with Crippen LogP contribution < -0.4 is 11.1 Å². The minimum Gasteiger partial charge on any atom is -0.351 e. The van der Waals surface area contributed by atoms with E-state index in [2.05, 4.69) is 12.2 Å². The summed E-state index contributed by atoms with van der Waals surface area (Å²) in [6.45, 7) is 4.72. The van der Waals surface area contributed by atoms with Crippen LogP contribution in [0.3, 0.4) is 0 Å². The number of halogens is 1. The fourth-order valence-corrected chi connectivity index (χ4v) is 6.02. The fraction of sp³-hybridized carbons (Fsp3) is 0.688. The maximum absolute atomic E-state index is 12.8. The van der Waals surface area contributed by atoms with E-state index in [0.29, 0.717) is 30.1 Å². The van der Waals surface area contributed by atoms with Crippen LogP contribution in [0.5, 0.6) is 0 Å². The number of hydrogen-bond acceptors (Lipinski definition) is 5. The first-order chi connectivity index (χ1) is 11.4. The van der Waals surface area contributed by atoms with Crippen molar-refractivity contribution < 1.29 is 13.2 Å². The minimum atomic E-state index is -3.61. The lowest BCUT2D eigenvalue weighted by Gasteiger charge is -2.25. The van der Waals surface area contributed by atoms with Crippen molar-refractivity contribution in [1.29, 1.82) is 0 Å². The summed E-state index contributed by atoms with van der Waals surface area (Å²) in [6, 6.07) is 2.68. The van der Waals surface area contributed by atoms with Crippen LogP contribution in [0, 0.1) is 6.92 Å². The van der Waals surface area contributed by atoms with Gasteiger partial charge in [-0.05, 0) is 38.3 Å². The van der Waals surface area contributed by atoms with Gasteiger partial charge in [-0.1, -0.05) is 19.8 Å². The number of sulfonamides is 1. The van der Waals surface area contributed by atoms with Gasteiger partial charge in [-0.3, -0.25) is 4.79 Å². The predicted octanol–water partition coefficient (Wildman–Crippen LogP) is 2.27. The van der Waals surface area contributed by atoms with Crippen molar-refractivity contribution in [2.45, 2.75) is 62.2 Å². The Labute approximate surface area is 160 Å². The van der Waals surface area contributed by atoms with Crippen LogP contribution in [0.25, 0.3) is 0 Å². The highest BCUT2D eigenvalue weighted by molar-refractivity contribution is 7.91. The summed E-state index contributed by atoms with van der Waals surface area (Å²) in [6.07, 6.45) is 4.10. The maximum Gasteiger partial charge on any atom is 0.253 e. The van der Waals surface area contributed by atoms with E-state index in [-0.39, 0.29) is 24.4 Å². The van der Waals surface area contributed by atoms with Gasteiger partial charge in [0.15, 0.2) is 0 Å². The van der Waals surface area contributed by atoms with Crippen LogP contribution in [0.2, 0.25) is 0 Å². The lowest BCUT2D eigenvalue weighted by Crippen LogP contribution is -2.50. The van der Waals surface area contributed by atoms with E-state index >= 15 is 0 Å². The van der Waals surface area contributed by atoms with E-state index in [4.69, 9.17) is 5.73 Å². The van der Waals surface area contributed by atoms with Gasteiger partial charge < -0.3 is 11.1 Å². The fourth-order valence-electron chi connectivity index (χ4n) is 2.95. The molecule has 0 aliphatic carbocycles. The van der Waals surface area contributed by atoms with E-state index < -0.39 is 16.1 Å². The highest BCUT2D eigenvalue weighted by Crippen LogP contribution is 2.30. The zero-order valence-corrected chi connectivity index (χ0v) is 17.2. The van der Waals surface area contributed by atoms with Crippen molar-refractivity contribution >= 4 is 39.7 Å². The Kier molecular flexibility index (Phi) is 8.83. The van der Waals surface area contributed by atoms with Gasteiger partial charge in [-0.15, -0.1) is 23.7 Å². The Morgan fingerprint density at radius 2 is 2.20 bits per heavy atom. The molecule has 1 aromatic heterocycles. The van der Waals surface area contributed by atoms with Crippen molar-refractivity contribution in [3.63, 3.8) is 0 Å². The summed E-state index contributed by atoms with van der Waals surface area (Å²) < 4.78 is 27.3. The smallest absolute Gasteiger partial charge is 0.253 e. The van der Waals surface area contributed by atoms with Crippen LogP contribution in [-0.2, 0) is 14.8 Å². The average molecular weight is 410 g/mol. The van der Waals surface area contributed by atoms with Gasteiger partial charge in [-0.2, -0.15) is 4.31 Å². The van der Waals surface area contributed by atoms with Crippen LogP contribution in [0.4, 0.5) is 0 Å². The minimum absolute atomic E-state index is 0. The van der Waals surface area contributed by atoms with Crippen molar-refractivity contribution in [3.8, 4) is 0 Å². The molecule has 25 heavy (non-hydrogen) atoms. The third-order valence-corrected chi connectivity index (χ3v) is 7.70. The molecular formula is C16H28ClN3O3S2. The standard InChI is InChI=1S/C16H27N3O3S2.ClH/c1-3-4-6-13(11-17)18-16(20)14-7-5-10-19(14)24(21,22)15-9-8-12(2)23-15;/h8-9,13-14H,3-7,10-11,17H2,1-2H3,(H,18,20);1H. The van der Waals surface area contributed by atoms with E-state index in [1.54, 1.807) is 12.1 Å². The molecular weight excluding hydrogens is 382 g/mol. The second-order valence-corrected chi connectivity index (χ2v) is 9.63. The monoisotopic (exact) mass is 409 g/mol. The molecule has 0 radical (unpaired) electrons. The number of nitrogens with one attached hydrogen (secondary N) is 1. The Balaban J connectivity index is 0.00000312. The SMILES string of the molecule is CCCCC(CN)NC(=O)C1CCCN1S(=O)(=O)c1ccc(C)s1.Cl. The van der Waals surface area contributed by atoms with Gasteiger partial charge in [0, 0.05) is 24.0 Å². The van der Waals surface area contributed by atoms with E-state index in [1.165, 1.54) is 15.6 Å². The molecule has 2 heterocycles. The Bertz CT molecular complexity index is 663. The molecule has 1 saturated heterocycles. The van der Waals surface area contributed by atoms with Crippen LogP contribution in [0.1, 0.15) is 43.9 Å². The number of aryl methyl sites for hydroxylation is 1. The molecule has 144 valence electrons. The average Bonchev–Trinajstić information content (AvgIpc) is 3.20. The van der Waals surface area contributed by atoms with E-state index in [9.17, 15) is 13.2 Å². The van der Waals surface area contributed by atoms with Gasteiger partial charge in [0.05, 0.1) is 0 Å². The number of nitrogens with two attached hydrogens (primary N) is 1. The molecule has 1 aliphatic heterocycles. The van der Waals surface area contributed by atoms with E-state index in [1.807, 2.05) is 6.92 Å². The number of carbonyl (C=O) groups is 1. The van der Waals surface area contributed by atoms with Gasteiger partial charge in [-0.25, -0.2) is 8.42 Å². The molecule has 2 unspecified atom stereocenters. The number of thiophene rings is 1. The molecule has 0 spiro atoms. The van der Waals surface area contributed by atoms with Gasteiger partial charge >= 0.3 is 0 Å². The lowest BCUT2D eigenvalue weighted by atomic mass is 10.1. The molecule has 2 rings (SSSR count). The second-order valence-electron chi connectivity index (χ2n) is 6.22. The molecule has 0 bridgehead atoms. The van der Waals surface area contributed by atoms with Gasteiger partial charge in [0.25, 0.3) is 10.0 Å². The Morgan fingerprint density at radius 1 is 1.48 bits per heavy atom. The Hall–Kier alpha value is -0.670. The summed E-state index contributed by atoms with van der Waals surface area (Å²) in [7, 11) is -3.61. The van der Waals surface area contributed by atoms with Crippen molar-refractivity contribution in [1.82, 2.24) is 9.62 Å². The molecule has 1 amide bonds. The number of unbranched alkanes of at least 4 members (excludes halogenated alkanes) is 1. The molecule has 1 aromatic rings. The topological polar surface area (TPSA) is 92.5 Å². The number of hydrogen-bond donors (Lipinski definition) is 2. The van der Waals surface area contributed by atoms with Crippen molar-refractivity contribution in [3.05, 3.63) is 17.0 Å². The number of carbonyl (C=O) groups excluding carboxylic acids is 1. The van der Waals surface area contributed by atoms with Crippen LogP contribution in [-0.4, -0.2) is 43.8 Å². The normalized spacial score (nSPS) is 19.4. The Morgan fingerprint density at radius 3 is 2.76 bits per heavy atom.